The zero-order valence-electron chi connectivity index (χ0n) is 14.3. The van der Waals surface area contributed by atoms with Crippen molar-refractivity contribution in [2.24, 2.45) is 0 Å². The van der Waals surface area contributed by atoms with Crippen molar-refractivity contribution in [3.63, 3.8) is 0 Å². The molecule has 0 aliphatic heterocycles. The summed E-state index contributed by atoms with van der Waals surface area (Å²) >= 11 is 0. The number of nitrogens with one attached hydrogen (secondary N) is 1. The van der Waals surface area contributed by atoms with Crippen LogP contribution in [0.4, 0.5) is 5.69 Å². The third-order valence-electron chi connectivity index (χ3n) is 3.45. The van der Waals surface area contributed by atoms with Crippen molar-refractivity contribution >= 4 is 31.7 Å². The van der Waals surface area contributed by atoms with Gasteiger partial charge in [0.1, 0.15) is 0 Å². The second-order valence-corrected chi connectivity index (χ2v) is 9.27. The molecule has 0 saturated carbocycles. The summed E-state index contributed by atoms with van der Waals surface area (Å²) < 4.78 is 57.1. The number of hydrogen-bond donors (Lipinski definition) is 1. The number of carbonyl (C=O) groups excluding carboxylic acids is 1. The Morgan fingerprint density at radius 1 is 0.962 bits per heavy atom. The lowest BCUT2D eigenvalue weighted by Crippen LogP contribution is -2.22. The molecule has 0 aromatic heterocycles. The standard InChI is InChI=1S/C16H18N2O6S2/c1-18(2)26(22,23)15-6-4-5-13(11-15)17-25(20,21)14-9-7-12(8-10-14)16(19)24-3/h4-11,17H,1-3H3. The van der Waals surface area contributed by atoms with Crippen LogP contribution in [0, 0.1) is 0 Å². The van der Waals surface area contributed by atoms with Crippen LogP contribution < -0.4 is 4.72 Å². The minimum Gasteiger partial charge on any atom is -0.465 e. The van der Waals surface area contributed by atoms with E-state index < -0.39 is 26.0 Å². The fourth-order valence-corrected chi connectivity index (χ4v) is 4.03. The minimum atomic E-state index is -3.96. The van der Waals surface area contributed by atoms with Crippen LogP contribution in [0.25, 0.3) is 0 Å². The Kier molecular flexibility index (Phi) is 5.69. The molecule has 0 radical (unpaired) electrons. The highest BCUT2D eigenvalue weighted by atomic mass is 32.2. The number of methoxy groups -OCH3 is 1. The van der Waals surface area contributed by atoms with E-state index in [2.05, 4.69) is 9.46 Å². The van der Waals surface area contributed by atoms with Gasteiger partial charge in [0.2, 0.25) is 10.0 Å². The van der Waals surface area contributed by atoms with Crippen LogP contribution >= 0.6 is 0 Å². The van der Waals surface area contributed by atoms with Gasteiger partial charge in [-0.2, -0.15) is 0 Å². The molecule has 8 nitrogen and oxygen atoms in total. The maximum Gasteiger partial charge on any atom is 0.337 e. The van der Waals surface area contributed by atoms with Gasteiger partial charge in [-0.25, -0.2) is 25.9 Å². The monoisotopic (exact) mass is 398 g/mol. The third-order valence-corrected chi connectivity index (χ3v) is 6.66. The van der Waals surface area contributed by atoms with Gasteiger partial charge in [-0.3, -0.25) is 4.72 Å². The lowest BCUT2D eigenvalue weighted by Gasteiger charge is -2.13. The number of benzene rings is 2. The maximum atomic E-state index is 12.5. The van der Waals surface area contributed by atoms with E-state index in [0.29, 0.717) is 0 Å². The molecular weight excluding hydrogens is 380 g/mol. The summed E-state index contributed by atoms with van der Waals surface area (Å²) in [6.45, 7) is 0. The topological polar surface area (TPSA) is 110 Å². The minimum absolute atomic E-state index is 0.0382. The Morgan fingerprint density at radius 2 is 1.58 bits per heavy atom. The molecule has 0 atom stereocenters. The van der Waals surface area contributed by atoms with E-state index in [4.69, 9.17) is 0 Å². The van der Waals surface area contributed by atoms with Crippen molar-refractivity contribution in [2.75, 3.05) is 25.9 Å². The summed E-state index contributed by atoms with van der Waals surface area (Å²) in [6.07, 6.45) is 0. The van der Waals surface area contributed by atoms with Gasteiger partial charge < -0.3 is 4.74 Å². The maximum absolute atomic E-state index is 12.5. The molecule has 10 heteroatoms. The van der Waals surface area contributed by atoms with Gasteiger partial charge in [0.05, 0.1) is 28.2 Å². The lowest BCUT2D eigenvalue weighted by atomic mass is 10.2. The number of hydrogen-bond acceptors (Lipinski definition) is 6. The second kappa shape index (κ2) is 7.44. The molecule has 2 rings (SSSR count). The summed E-state index contributed by atoms with van der Waals surface area (Å²) in [5.74, 6) is -0.580. The highest BCUT2D eigenvalue weighted by molar-refractivity contribution is 7.92. The number of sulfonamides is 2. The summed E-state index contributed by atoms with van der Waals surface area (Å²) in [6, 6.07) is 10.7. The highest BCUT2D eigenvalue weighted by Gasteiger charge is 2.20. The van der Waals surface area contributed by atoms with Gasteiger partial charge in [-0.1, -0.05) is 6.07 Å². The molecule has 0 aliphatic rings. The molecule has 0 aliphatic carbocycles. The van der Waals surface area contributed by atoms with E-state index >= 15 is 0 Å². The van der Waals surface area contributed by atoms with Gasteiger partial charge in [0, 0.05) is 14.1 Å². The average molecular weight is 398 g/mol. The van der Waals surface area contributed by atoms with Crippen molar-refractivity contribution < 1.29 is 26.4 Å². The summed E-state index contributed by atoms with van der Waals surface area (Å²) in [4.78, 5) is 11.3. The van der Waals surface area contributed by atoms with Crippen LogP contribution in [0.2, 0.25) is 0 Å². The van der Waals surface area contributed by atoms with Gasteiger partial charge in [0.15, 0.2) is 0 Å². The van der Waals surface area contributed by atoms with Crippen LogP contribution in [0.3, 0.4) is 0 Å². The van der Waals surface area contributed by atoms with Crippen LogP contribution in [0.1, 0.15) is 10.4 Å². The van der Waals surface area contributed by atoms with Crippen molar-refractivity contribution in [2.45, 2.75) is 9.79 Å². The van der Waals surface area contributed by atoms with Gasteiger partial charge in [-0.05, 0) is 42.5 Å². The summed E-state index contributed by atoms with van der Waals surface area (Å²) in [7, 11) is -3.65. The first-order valence-electron chi connectivity index (χ1n) is 7.32. The Hall–Kier alpha value is -2.43. The number of esters is 1. The van der Waals surface area contributed by atoms with E-state index in [1.54, 1.807) is 0 Å². The molecule has 140 valence electrons. The van der Waals surface area contributed by atoms with Gasteiger partial charge in [0.25, 0.3) is 10.0 Å². The van der Waals surface area contributed by atoms with Crippen molar-refractivity contribution in [3.8, 4) is 0 Å². The lowest BCUT2D eigenvalue weighted by molar-refractivity contribution is 0.0600. The van der Waals surface area contributed by atoms with E-state index in [0.717, 1.165) is 4.31 Å². The Bertz CT molecular complexity index is 1010. The fraction of sp³-hybridized carbons (Fsp3) is 0.188. The zero-order chi connectivity index (χ0) is 19.5. The van der Waals surface area contributed by atoms with Crippen LogP contribution in [0.15, 0.2) is 58.3 Å². The molecule has 0 saturated heterocycles. The zero-order valence-corrected chi connectivity index (χ0v) is 16.0. The largest absolute Gasteiger partial charge is 0.465 e. The molecule has 0 unspecified atom stereocenters. The molecule has 2 aromatic rings. The fourth-order valence-electron chi connectivity index (χ4n) is 2.03. The van der Waals surface area contributed by atoms with Crippen molar-refractivity contribution in [3.05, 3.63) is 54.1 Å². The van der Waals surface area contributed by atoms with Crippen molar-refractivity contribution in [1.29, 1.82) is 0 Å². The molecule has 1 N–H and O–H groups in total. The Balaban J connectivity index is 2.31. The van der Waals surface area contributed by atoms with Gasteiger partial charge in [-0.15, -0.1) is 0 Å². The van der Waals surface area contributed by atoms with E-state index in [9.17, 15) is 21.6 Å². The van der Waals surface area contributed by atoms with E-state index in [-0.39, 0.29) is 21.0 Å². The predicted octanol–water partition coefficient (Wildman–Crippen LogP) is 1.52. The average Bonchev–Trinajstić information content (AvgIpc) is 2.60. The quantitative estimate of drug-likeness (QED) is 0.739. The highest BCUT2D eigenvalue weighted by Crippen LogP contribution is 2.21. The Labute approximate surface area is 152 Å². The molecule has 0 bridgehead atoms. The van der Waals surface area contributed by atoms with E-state index in [1.807, 2.05) is 0 Å². The first-order valence-corrected chi connectivity index (χ1v) is 10.2. The molecule has 0 fully saturated rings. The first kappa shape index (κ1) is 19.9. The van der Waals surface area contributed by atoms with Crippen LogP contribution in [-0.2, 0) is 24.8 Å². The van der Waals surface area contributed by atoms with Crippen molar-refractivity contribution in [1.82, 2.24) is 4.31 Å². The van der Waals surface area contributed by atoms with Gasteiger partial charge >= 0.3 is 5.97 Å². The third kappa shape index (κ3) is 4.21. The van der Waals surface area contributed by atoms with E-state index in [1.165, 1.54) is 69.7 Å². The SMILES string of the molecule is COC(=O)c1ccc(S(=O)(=O)Nc2cccc(S(=O)(=O)N(C)C)c2)cc1. The first-order chi connectivity index (χ1) is 12.1. The second-order valence-electron chi connectivity index (χ2n) is 5.44. The number of rotatable bonds is 6. The number of anilines is 1. The normalized spacial score (nSPS) is 12.0. The predicted molar refractivity (Wildman–Crippen MR) is 95.9 cm³/mol. The summed E-state index contributed by atoms with van der Waals surface area (Å²) in [5, 5.41) is 0. The molecule has 26 heavy (non-hydrogen) atoms. The molecule has 0 spiro atoms. The molecule has 2 aromatic carbocycles. The smallest absolute Gasteiger partial charge is 0.337 e. The molecular formula is C16H18N2O6S2. The van der Waals surface area contributed by atoms with Crippen LogP contribution in [-0.4, -0.2) is 48.3 Å². The van der Waals surface area contributed by atoms with Crippen LogP contribution in [0.5, 0.6) is 0 Å². The molecule has 0 heterocycles. The number of carbonyl (C=O) groups is 1. The Morgan fingerprint density at radius 3 is 2.12 bits per heavy atom. The number of nitrogens with zero attached hydrogens (tertiary/aromatic N) is 1. The number of ether oxygens (including phenoxy) is 1. The summed E-state index contributed by atoms with van der Waals surface area (Å²) in [5.41, 5.74) is 0.315. The molecule has 0 amide bonds.